The average molecular weight is 309 g/mol. The van der Waals surface area contributed by atoms with Crippen molar-refractivity contribution in [2.75, 3.05) is 0 Å². The number of rotatable bonds is 2. The first-order valence-corrected chi connectivity index (χ1v) is 7.75. The minimum absolute atomic E-state index is 0.0129. The first kappa shape index (κ1) is 15.5. The van der Waals surface area contributed by atoms with Gasteiger partial charge in [-0.05, 0) is 51.0 Å². The molecule has 0 saturated carbocycles. The Hall–Kier alpha value is -2.42. The van der Waals surface area contributed by atoms with Gasteiger partial charge in [0.2, 0.25) is 0 Å². The van der Waals surface area contributed by atoms with Crippen LogP contribution in [0.1, 0.15) is 42.3 Å². The van der Waals surface area contributed by atoms with E-state index in [1.54, 1.807) is 12.1 Å². The van der Waals surface area contributed by atoms with Crippen molar-refractivity contribution in [2.24, 2.45) is 0 Å². The van der Waals surface area contributed by atoms with Crippen LogP contribution in [0.3, 0.4) is 0 Å². The molecule has 0 radical (unpaired) electrons. The molecule has 0 aromatic heterocycles. The summed E-state index contributed by atoms with van der Waals surface area (Å²) in [6.45, 7) is 5.94. The van der Waals surface area contributed by atoms with Crippen molar-refractivity contribution in [3.8, 4) is 0 Å². The molecule has 2 aromatic carbocycles. The molecule has 1 heterocycles. The third-order valence-corrected chi connectivity index (χ3v) is 4.18. The summed E-state index contributed by atoms with van der Waals surface area (Å²) in [5.74, 6) is -0.256. The Bertz CT molecular complexity index is 791. The molecule has 0 unspecified atom stereocenters. The minimum Gasteiger partial charge on any atom is -0.379 e. The molecule has 3 heteroatoms. The molecule has 3 rings (SSSR count). The molecule has 1 aliphatic heterocycles. The number of Topliss-reactive ketones (excluding diaryl/α,β-unsaturated/α-hetero) is 1. The number of carbonyl (C=O) groups is 1. The number of allylic oxidation sites excluding steroid dienone is 1. The highest BCUT2D eigenvalue weighted by atomic mass is 19.1. The molecule has 0 spiro atoms. The third-order valence-electron chi connectivity index (χ3n) is 4.18. The van der Waals surface area contributed by atoms with E-state index in [1.165, 1.54) is 6.07 Å². The number of hydrogen-bond acceptors (Lipinski definition) is 2. The smallest absolute Gasteiger partial charge is 0.190 e. The lowest BCUT2D eigenvalue weighted by Crippen LogP contribution is -2.44. The van der Waals surface area contributed by atoms with Gasteiger partial charge >= 0.3 is 0 Å². The van der Waals surface area contributed by atoms with Crippen LogP contribution < -0.4 is 5.32 Å². The first-order chi connectivity index (χ1) is 10.9. The van der Waals surface area contributed by atoms with E-state index in [-0.39, 0.29) is 17.1 Å². The van der Waals surface area contributed by atoms with Crippen molar-refractivity contribution < 1.29 is 9.18 Å². The zero-order valence-corrected chi connectivity index (χ0v) is 13.6. The van der Waals surface area contributed by atoms with Gasteiger partial charge in [-0.25, -0.2) is 4.39 Å². The lowest BCUT2D eigenvalue weighted by molar-refractivity contribution is 0.103. The van der Waals surface area contributed by atoms with Crippen LogP contribution in [0.25, 0.3) is 5.70 Å². The molecule has 0 saturated heterocycles. The number of ketones is 1. The van der Waals surface area contributed by atoms with Crippen LogP contribution in [0.4, 0.5) is 4.39 Å². The van der Waals surface area contributed by atoms with Gasteiger partial charge in [-0.3, -0.25) is 4.79 Å². The fourth-order valence-electron chi connectivity index (χ4n) is 3.09. The highest BCUT2D eigenvalue weighted by Crippen LogP contribution is 2.32. The summed E-state index contributed by atoms with van der Waals surface area (Å²) in [7, 11) is 0. The number of halogens is 1. The van der Waals surface area contributed by atoms with E-state index in [1.807, 2.05) is 37.3 Å². The predicted molar refractivity (Wildman–Crippen MR) is 90.7 cm³/mol. The van der Waals surface area contributed by atoms with Crippen molar-refractivity contribution in [1.82, 2.24) is 5.32 Å². The van der Waals surface area contributed by atoms with Gasteiger partial charge in [0.15, 0.2) is 5.78 Å². The van der Waals surface area contributed by atoms with Crippen LogP contribution in [0.15, 0.2) is 54.1 Å². The number of fused-ring (bicyclic) bond motifs is 1. The summed E-state index contributed by atoms with van der Waals surface area (Å²) >= 11 is 0. The van der Waals surface area contributed by atoms with Gasteiger partial charge in [0, 0.05) is 27.9 Å². The Balaban J connectivity index is 2.13. The average Bonchev–Trinajstić information content (AvgIpc) is 2.52. The van der Waals surface area contributed by atoms with E-state index in [0.717, 1.165) is 23.2 Å². The Kier molecular flexibility index (Phi) is 3.80. The molecule has 0 fully saturated rings. The second-order valence-electron chi connectivity index (χ2n) is 6.68. The van der Waals surface area contributed by atoms with E-state index >= 15 is 0 Å². The number of carbonyl (C=O) groups excluding carboxylic acids is 1. The maximum absolute atomic E-state index is 13.6. The standard InChI is InChI=1S/C20H20FNO/c1-13(19(23)14-7-5-4-6-8-14)18-17-10-9-16(21)11-15(17)12-20(2,3)22-18/h4-11,22H,12H2,1-3H3. The quantitative estimate of drug-likeness (QED) is 0.659. The number of benzene rings is 2. The molecule has 2 nitrogen and oxygen atoms in total. The van der Waals surface area contributed by atoms with Gasteiger partial charge in [0.1, 0.15) is 5.82 Å². The second-order valence-corrected chi connectivity index (χ2v) is 6.68. The second kappa shape index (κ2) is 5.65. The van der Waals surface area contributed by atoms with E-state index in [2.05, 4.69) is 19.2 Å². The van der Waals surface area contributed by atoms with Gasteiger partial charge in [0.25, 0.3) is 0 Å². The molecule has 1 N–H and O–H groups in total. The van der Waals surface area contributed by atoms with Crippen molar-refractivity contribution in [1.29, 1.82) is 0 Å². The SMILES string of the molecule is CC(C(=O)c1ccccc1)=C1NC(C)(C)Cc2cc(F)ccc21. The Morgan fingerprint density at radius 2 is 1.83 bits per heavy atom. The van der Waals surface area contributed by atoms with Crippen molar-refractivity contribution in [2.45, 2.75) is 32.7 Å². The van der Waals surface area contributed by atoms with E-state index < -0.39 is 0 Å². The Morgan fingerprint density at radius 3 is 2.52 bits per heavy atom. The van der Waals surface area contributed by atoms with Crippen LogP contribution in [0.5, 0.6) is 0 Å². The molecule has 0 atom stereocenters. The Labute approximate surface area is 136 Å². The maximum atomic E-state index is 13.6. The van der Waals surface area contributed by atoms with E-state index in [4.69, 9.17) is 0 Å². The molecular formula is C20H20FNO. The summed E-state index contributed by atoms with van der Waals surface area (Å²) in [6, 6.07) is 14.0. The summed E-state index contributed by atoms with van der Waals surface area (Å²) in [5, 5.41) is 3.46. The topological polar surface area (TPSA) is 29.1 Å². The molecule has 0 amide bonds. The highest BCUT2D eigenvalue weighted by molar-refractivity contribution is 6.12. The summed E-state index contributed by atoms with van der Waals surface area (Å²) in [5.41, 5.74) is 3.72. The largest absolute Gasteiger partial charge is 0.379 e. The molecule has 118 valence electrons. The lowest BCUT2D eigenvalue weighted by Gasteiger charge is -2.36. The fourth-order valence-corrected chi connectivity index (χ4v) is 3.09. The predicted octanol–water partition coefficient (Wildman–Crippen LogP) is 4.36. The van der Waals surface area contributed by atoms with Crippen LogP contribution in [-0.4, -0.2) is 11.3 Å². The van der Waals surface area contributed by atoms with E-state index in [9.17, 15) is 9.18 Å². The summed E-state index contributed by atoms with van der Waals surface area (Å²) < 4.78 is 13.6. The Morgan fingerprint density at radius 1 is 1.13 bits per heavy atom. The summed E-state index contributed by atoms with van der Waals surface area (Å²) in [4.78, 5) is 12.8. The minimum atomic E-state index is -0.243. The van der Waals surface area contributed by atoms with Crippen LogP contribution >= 0.6 is 0 Å². The van der Waals surface area contributed by atoms with Crippen LogP contribution in [0, 0.1) is 5.82 Å². The molecule has 0 bridgehead atoms. The first-order valence-electron chi connectivity index (χ1n) is 7.75. The van der Waals surface area contributed by atoms with Gasteiger partial charge in [-0.15, -0.1) is 0 Å². The zero-order chi connectivity index (χ0) is 16.6. The van der Waals surface area contributed by atoms with Crippen LogP contribution in [-0.2, 0) is 6.42 Å². The molecule has 2 aromatic rings. The van der Waals surface area contributed by atoms with Gasteiger partial charge in [0.05, 0.1) is 0 Å². The third kappa shape index (κ3) is 3.04. The number of hydrogen-bond donors (Lipinski definition) is 1. The van der Waals surface area contributed by atoms with E-state index in [0.29, 0.717) is 11.1 Å². The highest BCUT2D eigenvalue weighted by Gasteiger charge is 2.30. The zero-order valence-electron chi connectivity index (χ0n) is 13.6. The van der Waals surface area contributed by atoms with Crippen molar-refractivity contribution in [3.63, 3.8) is 0 Å². The molecular weight excluding hydrogens is 289 g/mol. The fraction of sp³-hybridized carbons (Fsp3) is 0.250. The molecule has 1 aliphatic rings. The van der Waals surface area contributed by atoms with Gasteiger partial charge < -0.3 is 5.32 Å². The maximum Gasteiger partial charge on any atom is 0.190 e. The van der Waals surface area contributed by atoms with Crippen molar-refractivity contribution >= 4 is 11.5 Å². The van der Waals surface area contributed by atoms with Crippen molar-refractivity contribution in [3.05, 3.63) is 76.6 Å². The summed E-state index contributed by atoms with van der Waals surface area (Å²) in [6.07, 6.45) is 0.719. The lowest BCUT2D eigenvalue weighted by atomic mass is 9.84. The normalized spacial score (nSPS) is 17.9. The monoisotopic (exact) mass is 309 g/mol. The number of nitrogens with one attached hydrogen (secondary N) is 1. The van der Waals surface area contributed by atoms with Gasteiger partial charge in [-0.1, -0.05) is 30.3 Å². The van der Waals surface area contributed by atoms with Crippen LogP contribution in [0.2, 0.25) is 0 Å². The molecule has 23 heavy (non-hydrogen) atoms. The van der Waals surface area contributed by atoms with Gasteiger partial charge in [-0.2, -0.15) is 0 Å². The molecule has 0 aliphatic carbocycles.